The van der Waals surface area contributed by atoms with Gasteiger partial charge >= 0.3 is 6.18 Å². The van der Waals surface area contributed by atoms with E-state index in [-0.39, 0.29) is 51.0 Å². The molecule has 2 aliphatic heterocycles. The van der Waals surface area contributed by atoms with Gasteiger partial charge < -0.3 is 14.5 Å². The zero-order chi connectivity index (χ0) is 20.5. The Morgan fingerprint density at radius 3 is 2.50 bits per heavy atom. The quantitative estimate of drug-likeness (QED) is 0.778. The lowest BCUT2D eigenvalue weighted by molar-refractivity contribution is -0.152. The van der Waals surface area contributed by atoms with Crippen LogP contribution in [0, 0.1) is 12.8 Å². The van der Waals surface area contributed by atoms with Gasteiger partial charge in [-0.05, 0) is 24.6 Å². The second kappa shape index (κ2) is 7.98. The molecule has 6 nitrogen and oxygen atoms in total. The number of aryl methyl sites for hydroxylation is 1. The Kier molecular flexibility index (Phi) is 5.83. The van der Waals surface area contributed by atoms with Crippen molar-refractivity contribution >= 4 is 17.5 Å². The molecule has 0 aliphatic carbocycles. The van der Waals surface area contributed by atoms with Gasteiger partial charge in [-0.2, -0.15) is 13.2 Å². The van der Waals surface area contributed by atoms with Gasteiger partial charge in [0.2, 0.25) is 11.8 Å². The zero-order valence-corrected chi connectivity index (χ0v) is 16.0. The molecular formula is C19H24F3N3O3. The number of benzene rings is 1. The molecule has 0 aromatic heterocycles. The van der Waals surface area contributed by atoms with Crippen molar-refractivity contribution in [3.05, 3.63) is 23.8 Å². The molecule has 0 radical (unpaired) electrons. The maximum absolute atomic E-state index is 12.8. The number of methoxy groups -OCH3 is 1. The van der Waals surface area contributed by atoms with E-state index in [1.54, 1.807) is 15.9 Å². The molecule has 1 atom stereocenters. The number of rotatable bonds is 4. The summed E-state index contributed by atoms with van der Waals surface area (Å²) in [6.45, 7) is 2.05. The number of ether oxygens (including phenoxy) is 1. The highest BCUT2D eigenvalue weighted by Gasteiger charge is 2.39. The molecule has 9 heteroatoms. The van der Waals surface area contributed by atoms with Gasteiger partial charge in [-0.3, -0.25) is 14.5 Å². The monoisotopic (exact) mass is 399 g/mol. The first-order chi connectivity index (χ1) is 13.2. The summed E-state index contributed by atoms with van der Waals surface area (Å²) in [4.78, 5) is 29.8. The number of anilines is 1. The van der Waals surface area contributed by atoms with Crippen molar-refractivity contribution in [1.29, 1.82) is 0 Å². The molecule has 2 saturated heterocycles. The van der Waals surface area contributed by atoms with Crippen molar-refractivity contribution in [2.24, 2.45) is 5.92 Å². The number of nitrogens with zero attached hydrogens (tertiary/aromatic N) is 3. The van der Waals surface area contributed by atoms with Crippen LogP contribution in [0.4, 0.5) is 18.9 Å². The molecular weight excluding hydrogens is 375 g/mol. The van der Waals surface area contributed by atoms with Crippen LogP contribution in [0.2, 0.25) is 0 Å². The lowest BCUT2D eigenvalue weighted by atomic mass is 10.1. The van der Waals surface area contributed by atoms with Crippen LogP contribution in [0.1, 0.15) is 12.0 Å². The minimum Gasteiger partial charge on any atom is -0.495 e. The van der Waals surface area contributed by atoms with Crippen LogP contribution in [-0.2, 0) is 9.59 Å². The summed E-state index contributed by atoms with van der Waals surface area (Å²) in [5.74, 6) is -0.258. The lowest BCUT2D eigenvalue weighted by Gasteiger charge is -2.36. The summed E-state index contributed by atoms with van der Waals surface area (Å²) in [5, 5.41) is 0. The Balaban J connectivity index is 1.63. The average Bonchev–Trinajstić information content (AvgIpc) is 3.02. The summed E-state index contributed by atoms with van der Waals surface area (Å²) < 4.78 is 42.8. The van der Waals surface area contributed by atoms with Gasteiger partial charge in [-0.15, -0.1) is 0 Å². The van der Waals surface area contributed by atoms with Crippen molar-refractivity contribution < 1.29 is 27.5 Å². The van der Waals surface area contributed by atoms with E-state index in [1.165, 1.54) is 12.0 Å². The fourth-order valence-electron chi connectivity index (χ4n) is 3.75. The van der Waals surface area contributed by atoms with Crippen LogP contribution in [0.5, 0.6) is 5.75 Å². The van der Waals surface area contributed by atoms with Gasteiger partial charge in [-0.1, -0.05) is 6.07 Å². The SMILES string of the molecule is COc1ccc(C)cc1N1CC(C(=O)N2CCN(CC(F)(F)F)CC2)CC1=O. The van der Waals surface area contributed by atoms with Crippen molar-refractivity contribution in [3.8, 4) is 5.75 Å². The van der Waals surface area contributed by atoms with Crippen LogP contribution >= 0.6 is 0 Å². The minimum absolute atomic E-state index is 0.0959. The largest absolute Gasteiger partial charge is 0.495 e. The molecule has 0 spiro atoms. The highest BCUT2D eigenvalue weighted by molar-refractivity contribution is 6.01. The Morgan fingerprint density at radius 2 is 1.89 bits per heavy atom. The molecule has 3 rings (SSSR count). The highest BCUT2D eigenvalue weighted by Crippen LogP contribution is 2.34. The molecule has 0 bridgehead atoms. The summed E-state index contributed by atoms with van der Waals surface area (Å²) >= 11 is 0. The van der Waals surface area contributed by atoms with Gasteiger partial charge in [0, 0.05) is 39.1 Å². The number of amides is 2. The maximum Gasteiger partial charge on any atom is 0.401 e. The van der Waals surface area contributed by atoms with E-state index in [4.69, 9.17) is 4.74 Å². The van der Waals surface area contributed by atoms with Crippen LogP contribution in [0.25, 0.3) is 0 Å². The lowest BCUT2D eigenvalue weighted by Crippen LogP contribution is -2.52. The molecule has 1 aromatic carbocycles. The maximum atomic E-state index is 12.8. The minimum atomic E-state index is -4.24. The molecule has 2 heterocycles. The van der Waals surface area contributed by atoms with Crippen LogP contribution in [-0.4, -0.2) is 74.2 Å². The van der Waals surface area contributed by atoms with Crippen LogP contribution in [0.3, 0.4) is 0 Å². The fourth-order valence-corrected chi connectivity index (χ4v) is 3.75. The molecule has 1 unspecified atom stereocenters. The molecule has 0 N–H and O–H groups in total. The molecule has 0 saturated carbocycles. The molecule has 2 fully saturated rings. The number of alkyl halides is 3. The van der Waals surface area contributed by atoms with Gasteiger partial charge in [0.1, 0.15) is 5.75 Å². The van der Waals surface area contributed by atoms with Crippen molar-refractivity contribution in [2.45, 2.75) is 19.5 Å². The van der Waals surface area contributed by atoms with E-state index in [2.05, 4.69) is 0 Å². The van der Waals surface area contributed by atoms with E-state index in [0.717, 1.165) is 5.56 Å². The number of hydrogen-bond donors (Lipinski definition) is 0. The molecule has 1 aromatic rings. The second-order valence-corrected chi connectivity index (χ2v) is 7.30. The molecule has 154 valence electrons. The summed E-state index contributed by atoms with van der Waals surface area (Å²) in [6.07, 6.45) is -4.14. The number of carbonyl (C=O) groups excluding carboxylic acids is 2. The van der Waals surface area contributed by atoms with Gasteiger partial charge in [0.05, 0.1) is 25.3 Å². The van der Waals surface area contributed by atoms with E-state index >= 15 is 0 Å². The zero-order valence-electron chi connectivity index (χ0n) is 16.0. The second-order valence-electron chi connectivity index (χ2n) is 7.30. The van der Waals surface area contributed by atoms with Crippen molar-refractivity contribution in [3.63, 3.8) is 0 Å². The number of piperazine rings is 1. The van der Waals surface area contributed by atoms with E-state index in [9.17, 15) is 22.8 Å². The normalized spacial score (nSPS) is 21.3. The van der Waals surface area contributed by atoms with E-state index in [0.29, 0.717) is 11.4 Å². The predicted molar refractivity (Wildman–Crippen MR) is 97.3 cm³/mol. The molecule has 2 amide bonds. The Labute approximate surface area is 161 Å². The smallest absolute Gasteiger partial charge is 0.401 e. The van der Waals surface area contributed by atoms with Gasteiger partial charge in [0.15, 0.2) is 0 Å². The van der Waals surface area contributed by atoms with Crippen molar-refractivity contribution in [1.82, 2.24) is 9.80 Å². The fraction of sp³-hybridized carbons (Fsp3) is 0.579. The van der Waals surface area contributed by atoms with Gasteiger partial charge in [-0.25, -0.2) is 0 Å². The third-order valence-electron chi connectivity index (χ3n) is 5.19. The van der Waals surface area contributed by atoms with Gasteiger partial charge in [0.25, 0.3) is 0 Å². The third kappa shape index (κ3) is 4.57. The third-order valence-corrected chi connectivity index (χ3v) is 5.19. The standard InChI is InChI=1S/C19H24F3N3O3/c1-13-3-4-16(28-2)15(9-13)25-11-14(10-17(25)26)18(27)24-7-5-23(6-8-24)12-19(20,21)22/h3-4,9,14H,5-8,10-12H2,1-2H3. The van der Waals surface area contributed by atoms with Crippen LogP contribution < -0.4 is 9.64 Å². The summed E-state index contributed by atoms with van der Waals surface area (Å²) in [5.41, 5.74) is 1.61. The van der Waals surface area contributed by atoms with E-state index in [1.807, 2.05) is 19.1 Å². The summed E-state index contributed by atoms with van der Waals surface area (Å²) in [6, 6.07) is 5.51. The Morgan fingerprint density at radius 1 is 1.21 bits per heavy atom. The predicted octanol–water partition coefficient (Wildman–Crippen LogP) is 2.06. The average molecular weight is 399 g/mol. The number of hydrogen-bond acceptors (Lipinski definition) is 4. The Bertz CT molecular complexity index is 746. The first kappa shape index (κ1) is 20.4. The number of halogens is 3. The molecule has 2 aliphatic rings. The van der Waals surface area contributed by atoms with Crippen LogP contribution in [0.15, 0.2) is 18.2 Å². The summed E-state index contributed by atoms with van der Waals surface area (Å²) in [7, 11) is 1.53. The Hall–Kier alpha value is -2.29. The molecule has 28 heavy (non-hydrogen) atoms. The van der Waals surface area contributed by atoms with Crippen molar-refractivity contribution in [2.75, 3.05) is 51.3 Å². The highest BCUT2D eigenvalue weighted by atomic mass is 19.4. The first-order valence-corrected chi connectivity index (χ1v) is 9.21. The number of carbonyl (C=O) groups is 2. The topological polar surface area (TPSA) is 53.1 Å². The van der Waals surface area contributed by atoms with E-state index < -0.39 is 18.6 Å². The first-order valence-electron chi connectivity index (χ1n) is 9.21.